The molecule has 0 saturated heterocycles. The molecule has 16 heavy (non-hydrogen) atoms. The van der Waals surface area contributed by atoms with E-state index in [1.807, 2.05) is 0 Å². The lowest BCUT2D eigenvalue weighted by Gasteiger charge is -2.24. The van der Waals surface area contributed by atoms with Crippen LogP contribution in [-0.2, 0) is 0 Å². The Kier molecular flexibility index (Phi) is 4.58. The van der Waals surface area contributed by atoms with E-state index in [9.17, 15) is 0 Å². The average Bonchev–Trinajstić information content (AvgIpc) is 2.20. The fraction of sp³-hybridized carbons (Fsp3) is 0.625. The van der Waals surface area contributed by atoms with Crippen LogP contribution in [0.4, 0.5) is 0 Å². The van der Waals surface area contributed by atoms with Crippen LogP contribution in [0.5, 0.6) is 0 Å². The normalized spacial score (nSPS) is 18.9. The molecule has 0 aromatic rings. The molecular weight excluding hydrogens is 192 g/mol. The van der Waals surface area contributed by atoms with E-state index in [0.29, 0.717) is 5.92 Å². The Morgan fingerprint density at radius 3 is 2.12 bits per heavy atom. The van der Waals surface area contributed by atoms with E-state index in [1.165, 1.54) is 42.4 Å². The van der Waals surface area contributed by atoms with Crippen molar-refractivity contribution in [3.8, 4) is 0 Å². The van der Waals surface area contributed by atoms with E-state index in [0.717, 1.165) is 0 Å². The maximum atomic E-state index is 4.18. The smallest absolute Gasteiger partial charge is 0.0210 e. The number of hydrogen-bond acceptors (Lipinski definition) is 0. The largest absolute Gasteiger partial charge is 0.0955 e. The van der Waals surface area contributed by atoms with Crippen LogP contribution in [0.3, 0.4) is 0 Å². The molecule has 0 N–H and O–H groups in total. The summed E-state index contributed by atoms with van der Waals surface area (Å²) in [6.07, 6.45) is 5.23. The Hall–Kier alpha value is -0.780. The zero-order valence-corrected chi connectivity index (χ0v) is 11.6. The molecule has 0 aliphatic heterocycles. The minimum atomic E-state index is 0.619. The second-order valence-corrected chi connectivity index (χ2v) is 5.46. The van der Waals surface area contributed by atoms with Gasteiger partial charge in [-0.05, 0) is 63.5 Å². The lowest BCUT2D eigenvalue weighted by molar-refractivity contribution is 0.671. The molecule has 0 aromatic heterocycles. The average molecular weight is 218 g/mol. The van der Waals surface area contributed by atoms with Gasteiger partial charge in [-0.1, -0.05) is 37.1 Å². The minimum Gasteiger partial charge on any atom is -0.0955 e. The summed E-state index contributed by atoms with van der Waals surface area (Å²) in [5, 5.41) is 0. The molecule has 0 bridgehead atoms. The van der Waals surface area contributed by atoms with Crippen molar-refractivity contribution < 1.29 is 0 Å². The van der Waals surface area contributed by atoms with Gasteiger partial charge in [0.15, 0.2) is 0 Å². The summed E-state index contributed by atoms with van der Waals surface area (Å²) in [6.45, 7) is 15.4. The highest BCUT2D eigenvalue weighted by atomic mass is 14.2. The van der Waals surface area contributed by atoms with Gasteiger partial charge in [-0.25, -0.2) is 0 Å². The molecule has 0 radical (unpaired) electrons. The van der Waals surface area contributed by atoms with Crippen LogP contribution in [0.1, 0.15) is 60.3 Å². The van der Waals surface area contributed by atoms with Crippen molar-refractivity contribution in [2.75, 3.05) is 0 Å². The lowest BCUT2D eigenvalue weighted by Crippen LogP contribution is -2.06. The van der Waals surface area contributed by atoms with Crippen LogP contribution in [0.25, 0.3) is 0 Å². The molecule has 0 spiro atoms. The van der Waals surface area contributed by atoms with Gasteiger partial charge in [0, 0.05) is 0 Å². The van der Waals surface area contributed by atoms with E-state index >= 15 is 0 Å². The third-order valence-electron chi connectivity index (χ3n) is 3.73. The van der Waals surface area contributed by atoms with Crippen molar-refractivity contribution in [2.24, 2.45) is 5.92 Å². The van der Waals surface area contributed by atoms with Gasteiger partial charge >= 0.3 is 0 Å². The summed E-state index contributed by atoms with van der Waals surface area (Å²) in [6, 6.07) is 0. The van der Waals surface area contributed by atoms with E-state index in [4.69, 9.17) is 0 Å². The van der Waals surface area contributed by atoms with Crippen molar-refractivity contribution in [2.45, 2.75) is 60.3 Å². The zero-order valence-electron chi connectivity index (χ0n) is 11.6. The fourth-order valence-electron chi connectivity index (χ4n) is 2.52. The Bertz CT molecular complexity index is 337. The van der Waals surface area contributed by atoms with Crippen molar-refractivity contribution in [1.82, 2.24) is 0 Å². The monoisotopic (exact) mass is 218 g/mol. The van der Waals surface area contributed by atoms with Gasteiger partial charge in [0.05, 0.1) is 0 Å². The summed E-state index contributed by atoms with van der Waals surface area (Å²) < 4.78 is 0. The molecule has 0 fully saturated rings. The Balaban J connectivity index is 3.23. The third kappa shape index (κ3) is 2.87. The van der Waals surface area contributed by atoms with Gasteiger partial charge < -0.3 is 0 Å². The second-order valence-electron chi connectivity index (χ2n) is 5.46. The highest BCUT2D eigenvalue weighted by Crippen LogP contribution is 2.35. The third-order valence-corrected chi connectivity index (χ3v) is 3.73. The van der Waals surface area contributed by atoms with Crippen LogP contribution in [0.2, 0.25) is 0 Å². The molecule has 1 aliphatic carbocycles. The van der Waals surface area contributed by atoms with Gasteiger partial charge in [-0.15, -0.1) is 0 Å². The van der Waals surface area contributed by atoms with Gasteiger partial charge in [0.1, 0.15) is 0 Å². The zero-order chi connectivity index (χ0) is 12.3. The van der Waals surface area contributed by atoms with Crippen LogP contribution in [-0.4, -0.2) is 0 Å². The maximum absolute atomic E-state index is 4.18. The standard InChI is InChI=1S/C16H26/c1-11(2)14(6)16(12(3)4)15-10-8-7-9-13(15)5/h11H,3,7-10H2,1-2,4-6H3/b16-14+. The summed E-state index contributed by atoms with van der Waals surface area (Å²) >= 11 is 0. The summed E-state index contributed by atoms with van der Waals surface area (Å²) in [5.41, 5.74) is 7.38. The first-order valence-electron chi connectivity index (χ1n) is 6.50. The molecule has 0 nitrogen and oxygen atoms in total. The van der Waals surface area contributed by atoms with E-state index < -0.39 is 0 Å². The molecule has 0 aromatic carbocycles. The molecule has 0 saturated carbocycles. The summed E-state index contributed by atoms with van der Waals surface area (Å²) in [5.74, 6) is 0.619. The quantitative estimate of drug-likeness (QED) is 0.554. The van der Waals surface area contributed by atoms with Crippen LogP contribution >= 0.6 is 0 Å². The predicted molar refractivity (Wildman–Crippen MR) is 73.5 cm³/mol. The van der Waals surface area contributed by atoms with Crippen LogP contribution in [0, 0.1) is 5.92 Å². The first-order valence-corrected chi connectivity index (χ1v) is 6.50. The molecule has 0 atom stereocenters. The van der Waals surface area contributed by atoms with E-state index in [1.54, 1.807) is 11.1 Å². The van der Waals surface area contributed by atoms with Gasteiger partial charge in [-0.2, -0.15) is 0 Å². The highest BCUT2D eigenvalue weighted by Gasteiger charge is 2.17. The summed E-state index contributed by atoms with van der Waals surface area (Å²) in [7, 11) is 0. The van der Waals surface area contributed by atoms with Crippen molar-refractivity contribution in [3.05, 3.63) is 34.4 Å². The SMILES string of the molecule is C=C(C)/C(C1=C(C)CCCC1)=C(/C)C(C)C. The molecule has 0 heterocycles. The lowest BCUT2D eigenvalue weighted by atomic mass is 9.81. The second kappa shape index (κ2) is 5.52. The predicted octanol–water partition coefficient (Wildman–Crippen LogP) is 5.43. The van der Waals surface area contributed by atoms with Crippen molar-refractivity contribution in [1.29, 1.82) is 0 Å². The van der Waals surface area contributed by atoms with Crippen molar-refractivity contribution >= 4 is 0 Å². The van der Waals surface area contributed by atoms with Gasteiger partial charge in [0.25, 0.3) is 0 Å². The number of allylic oxidation sites excluding steroid dienone is 5. The van der Waals surface area contributed by atoms with Gasteiger partial charge in [0.2, 0.25) is 0 Å². The Morgan fingerprint density at radius 2 is 1.69 bits per heavy atom. The van der Waals surface area contributed by atoms with Crippen molar-refractivity contribution in [3.63, 3.8) is 0 Å². The van der Waals surface area contributed by atoms with Crippen LogP contribution in [0.15, 0.2) is 34.4 Å². The Labute approximate surface area is 101 Å². The topological polar surface area (TPSA) is 0 Å². The molecule has 0 unspecified atom stereocenters. The first kappa shape index (κ1) is 13.3. The highest BCUT2D eigenvalue weighted by molar-refractivity contribution is 5.50. The Morgan fingerprint density at radius 1 is 1.12 bits per heavy atom. The van der Waals surface area contributed by atoms with E-state index in [-0.39, 0.29) is 0 Å². The minimum absolute atomic E-state index is 0.619. The molecular formula is C16H26. The molecule has 0 amide bonds. The number of rotatable bonds is 3. The van der Waals surface area contributed by atoms with Crippen LogP contribution < -0.4 is 0 Å². The maximum Gasteiger partial charge on any atom is -0.0210 e. The molecule has 1 aliphatic rings. The fourth-order valence-corrected chi connectivity index (χ4v) is 2.52. The van der Waals surface area contributed by atoms with Gasteiger partial charge in [-0.3, -0.25) is 0 Å². The molecule has 1 rings (SSSR count). The molecule has 90 valence electrons. The first-order chi connectivity index (χ1) is 7.45. The molecule has 0 heteroatoms. The number of hydrogen-bond donors (Lipinski definition) is 0. The van der Waals surface area contributed by atoms with E-state index in [2.05, 4.69) is 41.2 Å². The summed E-state index contributed by atoms with van der Waals surface area (Å²) in [4.78, 5) is 0.